The number of ether oxygens (including phenoxy) is 1. The van der Waals surface area contributed by atoms with Crippen LogP contribution in [0.5, 0.6) is 0 Å². The lowest BCUT2D eigenvalue weighted by atomic mass is 10.1. The van der Waals surface area contributed by atoms with Crippen molar-refractivity contribution in [3.05, 3.63) is 44.7 Å². The smallest absolute Gasteiger partial charge is 0.341 e. The second-order valence-corrected chi connectivity index (χ2v) is 9.77. The quantitative estimate of drug-likeness (QED) is 0.333. The van der Waals surface area contributed by atoms with Crippen molar-refractivity contribution in [2.75, 3.05) is 11.9 Å². The number of carbonyl (C=O) groups is 2. The average Bonchev–Trinajstić information content (AvgIpc) is 3.27. The van der Waals surface area contributed by atoms with Gasteiger partial charge in [-0.25, -0.2) is 4.79 Å². The van der Waals surface area contributed by atoms with E-state index in [1.165, 1.54) is 11.3 Å². The maximum absolute atomic E-state index is 12.7. The summed E-state index contributed by atoms with van der Waals surface area (Å²) in [6.07, 6.45) is 0. The molecule has 1 unspecified atom stereocenters. The molecule has 2 aromatic heterocycles. The van der Waals surface area contributed by atoms with Crippen LogP contribution < -0.4 is 5.32 Å². The zero-order chi connectivity index (χ0) is 21.8. The number of benzene rings is 1. The Morgan fingerprint density at radius 3 is 2.63 bits per heavy atom. The molecule has 1 aromatic carbocycles. The van der Waals surface area contributed by atoms with Gasteiger partial charge >= 0.3 is 5.97 Å². The number of hydrogen-bond acceptors (Lipinski definition) is 8. The summed E-state index contributed by atoms with van der Waals surface area (Å²) in [6, 6.07) is 7.49. The van der Waals surface area contributed by atoms with Crippen LogP contribution in [-0.2, 0) is 9.53 Å². The highest BCUT2D eigenvalue weighted by Gasteiger charge is 2.25. The Balaban J connectivity index is 1.69. The monoisotopic (exact) mass is 509 g/mol. The number of rotatable bonds is 7. The van der Waals surface area contributed by atoms with Gasteiger partial charge in [-0.2, -0.15) is 0 Å². The summed E-state index contributed by atoms with van der Waals surface area (Å²) in [7, 11) is 0. The second-order valence-electron chi connectivity index (χ2n) is 6.34. The van der Waals surface area contributed by atoms with Gasteiger partial charge in [-0.15, -0.1) is 21.5 Å². The first-order valence-electron chi connectivity index (χ1n) is 9.14. The van der Waals surface area contributed by atoms with Crippen LogP contribution in [-0.4, -0.2) is 33.9 Å². The molecule has 1 N–H and O–H groups in total. The SMILES string of the molecule is CCOC(=O)c1c(NC(=O)C(C)Sc2nnc(-c3ccc(Br)cc3)o2)sc(C)c1C. The third kappa shape index (κ3) is 5.11. The summed E-state index contributed by atoms with van der Waals surface area (Å²) in [5.41, 5.74) is 2.00. The van der Waals surface area contributed by atoms with Crippen molar-refractivity contribution in [3.63, 3.8) is 0 Å². The van der Waals surface area contributed by atoms with Gasteiger partial charge in [0.15, 0.2) is 0 Å². The van der Waals surface area contributed by atoms with E-state index in [1.807, 2.05) is 38.1 Å². The molecule has 2 heterocycles. The van der Waals surface area contributed by atoms with E-state index in [-0.39, 0.29) is 12.5 Å². The molecule has 0 radical (unpaired) electrons. The molecule has 1 amide bonds. The van der Waals surface area contributed by atoms with Crippen LogP contribution in [0.1, 0.15) is 34.6 Å². The minimum atomic E-state index is -0.513. The highest BCUT2D eigenvalue weighted by atomic mass is 79.9. The molecular weight excluding hydrogens is 490 g/mol. The fourth-order valence-corrected chi connectivity index (χ4v) is 4.55. The molecule has 3 rings (SSSR count). The second kappa shape index (κ2) is 9.76. The predicted octanol–water partition coefficient (Wildman–Crippen LogP) is 5.47. The Morgan fingerprint density at radius 2 is 1.97 bits per heavy atom. The number of aryl methyl sites for hydroxylation is 1. The Morgan fingerprint density at radius 1 is 1.27 bits per heavy atom. The zero-order valence-corrected chi connectivity index (χ0v) is 20.0. The van der Waals surface area contributed by atoms with Gasteiger partial charge in [0, 0.05) is 14.9 Å². The molecule has 0 spiro atoms. The summed E-state index contributed by atoms with van der Waals surface area (Å²) >= 11 is 5.89. The maximum atomic E-state index is 12.7. The number of nitrogens with one attached hydrogen (secondary N) is 1. The van der Waals surface area contributed by atoms with Crippen molar-refractivity contribution >= 4 is 55.9 Å². The minimum absolute atomic E-state index is 0.268. The Kier molecular flexibility index (Phi) is 7.32. The summed E-state index contributed by atoms with van der Waals surface area (Å²) in [4.78, 5) is 26.0. The third-order valence-corrected chi connectivity index (χ3v) is 6.83. The molecule has 0 aliphatic heterocycles. The number of esters is 1. The van der Waals surface area contributed by atoms with Gasteiger partial charge in [-0.3, -0.25) is 4.79 Å². The number of halogens is 1. The standard InChI is InChI=1S/C20H20BrN3O4S2/c1-5-27-19(26)15-10(2)11(3)29-18(15)22-16(25)12(4)30-20-24-23-17(28-20)13-6-8-14(21)9-7-13/h6-9,12H,5H2,1-4H3,(H,22,25). The number of amides is 1. The minimum Gasteiger partial charge on any atom is -0.462 e. The number of thiophene rings is 1. The van der Waals surface area contributed by atoms with E-state index in [0.717, 1.165) is 32.2 Å². The lowest BCUT2D eigenvalue weighted by molar-refractivity contribution is -0.115. The van der Waals surface area contributed by atoms with Crippen molar-refractivity contribution in [1.29, 1.82) is 0 Å². The lowest BCUT2D eigenvalue weighted by Gasteiger charge is -2.10. The summed E-state index contributed by atoms with van der Waals surface area (Å²) in [6.45, 7) is 7.49. The molecule has 3 aromatic rings. The molecule has 10 heteroatoms. The van der Waals surface area contributed by atoms with E-state index in [1.54, 1.807) is 13.8 Å². The number of thioether (sulfide) groups is 1. The van der Waals surface area contributed by atoms with E-state index in [0.29, 0.717) is 21.7 Å². The van der Waals surface area contributed by atoms with Gasteiger partial charge in [0.1, 0.15) is 5.00 Å². The first-order chi connectivity index (χ1) is 14.3. The van der Waals surface area contributed by atoms with E-state index in [4.69, 9.17) is 9.15 Å². The maximum Gasteiger partial charge on any atom is 0.341 e. The van der Waals surface area contributed by atoms with Crippen molar-refractivity contribution in [3.8, 4) is 11.5 Å². The first kappa shape index (κ1) is 22.5. The molecule has 7 nitrogen and oxygen atoms in total. The number of anilines is 1. The Bertz CT molecular complexity index is 1060. The van der Waals surface area contributed by atoms with Gasteiger partial charge < -0.3 is 14.5 Å². The van der Waals surface area contributed by atoms with Crippen LogP contribution in [0, 0.1) is 13.8 Å². The highest BCUT2D eigenvalue weighted by Crippen LogP contribution is 2.34. The average molecular weight is 510 g/mol. The molecule has 1 atom stereocenters. The van der Waals surface area contributed by atoms with E-state index >= 15 is 0 Å². The summed E-state index contributed by atoms with van der Waals surface area (Å²) in [5, 5.41) is 11.2. The van der Waals surface area contributed by atoms with Crippen LogP contribution in [0.15, 0.2) is 38.4 Å². The molecule has 0 bridgehead atoms. The summed E-state index contributed by atoms with van der Waals surface area (Å²) < 4.78 is 11.8. The van der Waals surface area contributed by atoms with Crippen LogP contribution in [0.2, 0.25) is 0 Å². The van der Waals surface area contributed by atoms with Crippen LogP contribution >= 0.6 is 39.0 Å². The highest BCUT2D eigenvalue weighted by molar-refractivity contribution is 9.10. The van der Waals surface area contributed by atoms with Gasteiger partial charge in [0.2, 0.25) is 11.8 Å². The Hall–Kier alpha value is -2.17. The number of aromatic nitrogens is 2. The largest absolute Gasteiger partial charge is 0.462 e. The molecule has 0 aliphatic carbocycles. The molecule has 30 heavy (non-hydrogen) atoms. The van der Waals surface area contributed by atoms with E-state index in [2.05, 4.69) is 31.4 Å². The lowest BCUT2D eigenvalue weighted by Crippen LogP contribution is -2.23. The topological polar surface area (TPSA) is 94.3 Å². The van der Waals surface area contributed by atoms with E-state index < -0.39 is 11.2 Å². The number of carbonyl (C=O) groups excluding carboxylic acids is 2. The van der Waals surface area contributed by atoms with Crippen LogP contribution in [0.3, 0.4) is 0 Å². The molecule has 0 saturated heterocycles. The normalized spacial score (nSPS) is 11.9. The summed E-state index contributed by atoms with van der Waals surface area (Å²) in [5.74, 6) is -0.326. The molecular formula is C20H20BrN3O4S2. The predicted molar refractivity (Wildman–Crippen MR) is 121 cm³/mol. The van der Waals surface area contributed by atoms with Crippen molar-refractivity contribution < 1.29 is 18.7 Å². The van der Waals surface area contributed by atoms with Crippen molar-refractivity contribution in [2.24, 2.45) is 0 Å². The van der Waals surface area contributed by atoms with Gasteiger partial charge in [0.25, 0.3) is 5.22 Å². The molecule has 0 saturated carbocycles. The van der Waals surface area contributed by atoms with Crippen molar-refractivity contribution in [1.82, 2.24) is 10.2 Å². The van der Waals surface area contributed by atoms with Crippen LogP contribution in [0.4, 0.5) is 5.00 Å². The zero-order valence-electron chi connectivity index (χ0n) is 16.8. The molecule has 158 valence electrons. The fraction of sp³-hybridized carbons (Fsp3) is 0.300. The van der Waals surface area contributed by atoms with E-state index in [9.17, 15) is 9.59 Å². The third-order valence-electron chi connectivity index (χ3n) is 4.25. The van der Waals surface area contributed by atoms with Crippen LogP contribution in [0.25, 0.3) is 11.5 Å². The fourth-order valence-electron chi connectivity index (χ4n) is 2.55. The molecule has 0 aliphatic rings. The number of hydrogen-bond donors (Lipinski definition) is 1. The van der Waals surface area contributed by atoms with Crippen molar-refractivity contribution in [2.45, 2.75) is 38.2 Å². The number of nitrogens with zero attached hydrogens (tertiary/aromatic N) is 2. The first-order valence-corrected chi connectivity index (χ1v) is 11.6. The Labute approximate surface area is 190 Å². The van der Waals surface area contributed by atoms with Gasteiger partial charge in [-0.05, 0) is 57.5 Å². The molecule has 0 fully saturated rings. The van der Waals surface area contributed by atoms with Gasteiger partial charge in [0.05, 0.1) is 17.4 Å². The van der Waals surface area contributed by atoms with Gasteiger partial charge in [-0.1, -0.05) is 27.7 Å².